The molecule has 0 unspecified atom stereocenters. The van der Waals surface area contributed by atoms with E-state index in [1.54, 1.807) is 24.3 Å². The first-order valence-electron chi connectivity index (χ1n) is 14.2. The van der Waals surface area contributed by atoms with Gasteiger partial charge in [-0.2, -0.15) is 4.99 Å². The van der Waals surface area contributed by atoms with E-state index >= 15 is 0 Å². The van der Waals surface area contributed by atoms with Crippen molar-refractivity contribution in [1.29, 1.82) is 0 Å². The summed E-state index contributed by atoms with van der Waals surface area (Å²) in [7, 11) is 0. The summed E-state index contributed by atoms with van der Waals surface area (Å²) in [6.45, 7) is 7.65. The number of aliphatic imine (C=N–C) groups is 1. The molecule has 8 nitrogen and oxygen atoms in total. The fourth-order valence-electron chi connectivity index (χ4n) is 4.41. The van der Waals surface area contributed by atoms with Gasteiger partial charge in [-0.15, -0.1) is 0 Å². The second-order valence-electron chi connectivity index (χ2n) is 10.4. The molecule has 2 amide bonds. The Kier molecular flexibility index (Phi) is 11.4. The zero-order valence-electron chi connectivity index (χ0n) is 25.7. The maximum Gasteiger partial charge on any atom is 0.323 e. The highest BCUT2D eigenvalue weighted by Crippen LogP contribution is 2.25. The Labute approximate surface area is 277 Å². The summed E-state index contributed by atoms with van der Waals surface area (Å²) < 4.78 is 0. The first-order valence-corrected chi connectivity index (χ1v) is 15.0. The molecule has 0 saturated heterocycles. The number of pyridine rings is 2. The van der Waals surface area contributed by atoms with Crippen molar-refractivity contribution in [3.8, 4) is 0 Å². The molecule has 0 aliphatic carbocycles. The number of amides is 2. The molecule has 2 aromatic heterocycles. The Hall–Kier alpha value is -5.27. The van der Waals surface area contributed by atoms with Gasteiger partial charge in [0, 0.05) is 43.6 Å². The molecule has 6 aromatic rings. The van der Waals surface area contributed by atoms with Crippen LogP contribution in [0.15, 0.2) is 102 Å². The van der Waals surface area contributed by atoms with Crippen molar-refractivity contribution in [2.24, 2.45) is 4.99 Å². The predicted molar refractivity (Wildman–Crippen MR) is 190 cm³/mol. The molecule has 0 radical (unpaired) electrons. The van der Waals surface area contributed by atoms with E-state index in [1.165, 1.54) is 6.08 Å². The van der Waals surface area contributed by atoms with Crippen molar-refractivity contribution in [3.63, 3.8) is 0 Å². The van der Waals surface area contributed by atoms with Crippen LogP contribution in [0.4, 0.5) is 27.5 Å². The number of nitrogen functional groups attached to an aromatic ring is 1. The van der Waals surface area contributed by atoms with E-state index in [0.29, 0.717) is 21.4 Å². The maximum atomic E-state index is 12.2. The fourth-order valence-corrected chi connectivity index (χ4v) is 4.77. The average Bonchev–Trinajstić information content (AvgIpc) is 3.01. The van der Waals surface area contributed by atoms with Gasteiger partial charge in [-0.3, -0.25) is 9.97 Å². The molecule has 10 heteroatoms. The summed E-state index contributed by atoms with van der Waals surface area (Å²) in [4.78, 5) is 34.3. The van der Waals surface area contributed by atoms with E-state index in [-0.39, 0.29) is 6.03 Å². The van der Waals surface area contributed by atoms with Gasteiger partial charge < -0.3 is 16.4 Å². The van der Waals surface area contributed by atoms with Gasteiger partial charge in [0.25, 0.3) is 0 Å². The maximum absolute atomic E-state index is 12.2. The van der Waals surface area contributed by atoms with E-state index in [2.05, 4.69) is 25.6 Å². The van der Waals surface area contributed by atoms with Gasteiger partial charge in [-0.05, 0) is 87.4 Å². The van der Waals surface area contributed by atoms with Crippen LogP contribution in [0.1, 0.15) is 22.5 Å². The lowest BCUT2D eigenvalue weighted by Gasteiger charge is -2.11. The number of nitrogens with two attached hydrogens (primary N) is 1. The molecule has 0 bridgehead atoms. The Balaban J connectivity index is 0.000000175. The number of halogens is 2. The number of aryl methyl sites for hydroxylation is 4. The lowest BCUT2D eigenvalue weighted by molar-refractivity contribution is 0.262. The number of isocyanates is 1. The number of hydrogen-bond donors (Lipinski definition) is 3. The van der Waals surface area contributed by atoms with Gasteiger partial charge in [0.1, 0.15) is 0 Å². The number of hydrogen-bond acceptors (Lipinski definition) is 6. The Morgan fingerprint density at radius 1 is 0.717 bits per heavy atom. The predicted octanol–water partition coefficient (Wildman–Crippen LogP) is 9.89. The Morgan fingerprint density at radius 2 is 1.28 bits per heavy atom. The van der Waals surface area contributed by atoms with Crippen LogP contribution in [0.3, 0.4) is 0 Å². The molecular formula is C36H32Cl2N6O2. The van der Waals surface area contributed by atoms with Gasteiger partial charge in [0.2, 0.25) is 6.08 Å². The van der Waals surface area contributed by atoms with E-state index in [9.17, 15) is 9.59 Å². The molecule has 0 saturated carbocycles. The van der Waals surface area contributed by atoms with Gasteiger partial charge in [0.05, 0.1) is 22.4 Å². The van der Waals surface area contributed by atoms with Crippen molar-refractivity contribution >= 4 is 79.9 Å². The zero-order chi connectivity index (χ0) is 33.2. The zero-order valence-corrected chi connectivity index (χ0v) is 27.2. The number of benzene rings is 4. The second kappa shape index (κ2) is 15.6. The molecule has 0 atom stereocenters. The first-order chi connectivity index (χ1) is 22.0. The number of nitrogens with one attached hydrogen (secondary N) is 2. The average molecular weight is 652 g/mol. The van der Waals surface area contributed by atoms with Crippen LogP contribution in [-0.4, -0.2) is 22.1 Å². The van der Waals surface area contributed by atoms with Gasteiger partial charge in [-0.25, -0.2) is 9.59 Å². The minimum absolute atomic E-state index is 0.319. The van der Waals surface area contributed by atoms with E-state index < -0.39 is 0 Å². The molecule has 6 rings (SSSR count). The van der Waals surface area contributed by atoms with Crippen molar-refractivity contribution in [2.75, 3.05) is 16.4 Å². The third kappa shape index (κ3) is 9.13. The van der Waals surface area contributed by atoms with Crippen LogP contribution in [0.2, 0.25) is 10.0 Å². The third-order valence-electron chi connectivity index (χ3n) is 6.73. The summed E-state index contributed by atoms with van der Waals surface area (Å²) in [6, 6.07) is 29.6. The lowest BCUT2D eigenvalue weighted by Crippen LogP contribution is -2.19. The normalized spacial score (nSPS) is 10.1. The SMILES string of the molecule is Cc1cc(N)c2ccccc2n1.Cc1cc(NC(=O)Nc2ccc(C)c(Cl)c2)c2ccccc2n1.Cc1ccc(N=C=O)cc1Cl. The quantitative estimate of drug-likeness (QED) is 0.130. The van der Waals surface area contributed by atoms with E-state index in [0.717, 1.165) is 55.7 Å². The second-order valence-corrected chi connectivity index (χ2v) is 11.2. The highest BCUT2D eigenvalue weighted by molar-refractivity contribution is 6.32. The monoisotopic (exact) mass is 650 g/mol. The number of fused-ring (bicyclic) bond motifs is 2. The number of anilines is 3. The number of carbonyl (C=O) groups is 1. The van der Waals surface area contributed by atoms with Crippen LogP contribution < -0.4 is 16.4 Å². The first kappa shape index (κ1) is 33.6. The Bertz CT molecular complexity index is 2080. The van der Waals surface area contributed by atoms with Crippen LogP contribution >= 0.6 is 23.2 Å². The van der Waals surface area contributed by atoms with Crippen LogP contribution in [0, 0.1) is 27.7 Å². The van der Waals surface area contributed by atoms with Crippen LogP contribution in [0.5, 0.6) is 0 Å². The third-order valence-corrected chi connectivity index (χ3v) is 7.54. The number of rotatable bonds is 3. The highest BCUT2D eigenvalue weighted by atomic mass is 35.5. The number of urea groups is 1. The van der Waals surface area contributed by atoms with E-state index in [1.807, 2.05) is 100 Å². The molecule has 0 spiro atoms. The van der Waals surface area contributed by atoms with Crippen molar-refractivity contribution in [1.82, 2.24) is 9.97 Å². The van der Waals surface area contributed by atoms with Crippen molar-refractivity contribution in [2.45, 2.75) is 27.7 Å². The van der Waals surface area contributed by atoms with Gasteiger partial charge in [0.15, 0.2) is 0 Å². The molecule has 232 valence electrons. The van der Waals surface area contributed by atoms with E-state index in [4.69, 9.17) is 28.9 Å². The Morgan fingerprint density at radius 3 is 1.91 bits per heavy atom. The number of para-hydroxylation sites is 2. The fraction of sp³-hybridized carbons (Fsp3) is 0.111. The van der Waals surface area contributed by atoms with Crippen LogP contribution in [0.25, 0.3) is 21.8 Å². The molecule has 0 fully saturated rings. The summed E-state index contributed by atoms with van der Waals surface area (Å²) in [6.07, 6.45) is 1.45. The number of carbonyl (C=O) groups excluding carboxylic acids is 2. The van der Waals surface area contributed by atoms with Gasteiger partial charge >= 0.3 is 6.03 Å². The molecule has 4 N–H and O–H groups in total. The van der Waals surface area contributed by atoms with Crippen molar-refractivity contribution in [3.05, 3.63) is 130 Å². The summed E-state index contributed by atoms with van der Waals surface area (Å²) >= 11 is 11.8. The number of nitrogens with zero attached hydrogens (tertiary/aromatic N) is 3. The molecule has 46 heavy (non-hydrogen) atoms. The van der Waals surface area contributed by atoms with Crippen molar-refractivity contribution < 1.29 is 9.59 Å². The number of aromatic nitrogens is 2. The smallest absolute Gasteiger partial charge is 0.323 e. The molecule has 0 aliphatic heterocycles. The molecule has 4 aromatic carbocycles. The highest BCUT2D eigenvalue weighted by Gasteiger charge is 2.08. The minimum Gasteiger partial charge on any atom is -0.398 e. The van der Waals surface area contributed by atoms with Crippen LogP contribution in [-0.2, 0) is 4.79 Å². The summed E-state index contributed by atoms with van der Waals surface area (Å²) in [5.74, 6) is 0. The standard InChI is InChI=1S/C18H16ClN3O.C10H10N2.C8H6ClNO/c1-11-7-8-13(10-15(11)19)21-18(23)22-17-9-12(2)20-16-6-4-3-5-14(16)17;1-7-6-9(11)8-4-2-3-5-10(8)12-7;1-6-2-3-7(10-5-11)4-8(6)9/h3-10H,1-2H3,(H2,20,21,22,23);2-6H,1H3,(H2,11,12);2-4H,1H3. The molecule has 0 aliphatic rings. The summed E-state index contributed by atoms with van der Waals surface area (Å²) in [5.41, 5.74) is 14.1. The largest absolute Gasteiger partial charge is 0.398 e. The topological polar surface area (TPSA) is 122 Å². The lowest BCUT2D eigenvalue weighted by atomic mass is 10.1. The minimum atomic E-state index is -0.319. The molecular weight excluding hydrogens is 619 g/mol. The molecule has 2 heterocycles. The summed E-state index contributed by atoms with van der Waals surface area (Å²) in [5, 5.41) is 8.82. The van der Waals surface area contributed by atoms with Gasteiger partial charge in [-0.1, -0.05) is 71.7 Å².